The summed E-state index contributed by atoms with van der Waals surface area (Å²) in [6.07, 6.45) is 7.92. The molecule has 2 saturated heterocycles. The molecule has 0 unspecified atom stereocenters. The van der Waals surface area contributed by atoms with Crippen LogP contribution in [0.1, 0.15) is 19.8 Å². The number of halogens is 2. The van der Waals surface area contributed by atoms with Gasteiger partial charge in [-0.2, -0.15) is 10.2 Å². The summed E-state index contributed by atoms with van der Waals surface area (Å²) < 4.78 is 7.69. The highest BCUT2D eigenvalue weighted by atomic mass is 35.5. The standard InChI is InChI=1S/C26H32N10O.2ClH/c1-16-23(27)26(15-37-16)5-8-35(9-6-26)21-13-29-22-24(31-21)32-33-25(22)36-10-7-28-19-11-17(3-4-20(19)36)18-12-30-34(2)14-18;;/h3-4,11-14,16,23,28H,5-10,15,27H2,1-2H3,(H,31,32,33);2*1H/t16-,23+;;/m0../s1. The third-order valence-corrected chi connectivity index (χ3v) is 8.40. The molecule has 0 aliphatic carbocycles. The monoisotopic (exact) mass is 572 g/mol. The third-order valence-electron chi connectivity index (χ3n) is 8.40. The Morgan fingerprint density at radius 3 is 2.64 bits per heavy atom. The lowest BCUT2D eigenvalue weighted by Crippen LogP contribution is -2.50. The first-order valence-corrected chi connectivity index (χ1v) is 13.0. The second kappa shape index (κ2) is 10.5. The average Bonchev–Trinajstić information content (AvgIpc) is 3.63. The molecule has 1 aromatic carbocycles. The second-order valence-corrected chi connectivity index (χ2v) is 10.6. The van der Waals surface area contributed by atoms with Gasteiger partial charge in [0, 0.05) is 56.4 Å². The van der Waals surface area contributed by atoms with Crippen LogP contribution in [0.4, 0.5) is 23.0 Å². The largest absolute Gasteiger partial charge is 0.382 e. The van der Waals surface area contributed by atoms with Crippen LogP contribution < -0.4 is 20.9 Å². The van der Waals surface area contributed by atoms with E-state index >= 15 is 0 Å². The van der Waals surface area contributed by atoms with Gasteiger partial charge in [-0.1, -0.05) is 6.07 Å². The predicted octanol–water partition coefficient (Wildman–Crippen LogP) is 3.49. The third kappa shape index (κ3) is 4.57. The van der Waals surface area contributed by atoms with Crippen molar-refractivity contribution in [1.29, 1.82) is 0 Å². The SMILES string of the molecule is C[C@@H]1OCC2(CCN(c3cnc4c(N5CCNc6cc(-c7cnn(C)c7)ccc65)n[nH]c4n3)CC2)[C@@H]1N.Cl.Cl. The number of rotatable bonds is 3. The fourth-order valence-corrected chi connectivity index (χ4v) is 6.08. The van der Waals surface area contributed by atoms with Gasteiger partial charge < -0.3 is 25.6 Å². The Hall–Kier alpha value is -3.12. The summed E-state index contributed by atoms with van der Waals surface area (Å²) in [7, 11) is 1.93. The van der Waals surface area contributed by atoms with E-state index in [2.05, 4.69) is 55.5 Å². The van der Waals surface area contributed by atoms with E-state index in [1.54, 1.807) is 0 Å². The molecule has 2 atom stereocenters. The topological polar surface area (TPSA) is 126 Å². The van der Waals surface area contributed by atoms with Crippen molar-refractivity contribution in [1.82, 2.24) is 29.9 Å². The first kappa shape index (κ1) is 27.4. The number of ether oxygens (including phenoxy) is 1. The van der Waals surface area contributed by atoms with Gasteiger partial charge >= 0.3 is 0 Å². The molecule has 3 aromatic heterocycles. The van der Waals surface area contributed by atoms with Gasteiger partial charge in [0.25, 0.3) is 0 Å². The molecule has 7 rings (SSSR count). The number of hydrogen-bond donors (Lipinski definition) is 3. The van der Waals surface area contributed by atoms with Gasteiger partial charge in [0.2, 0.25) is 0 Å². The van der Waals surface area contributed by atoms with Gasteiger partial charge in [-0.25, -0.2) is 9.97 Å². The molecule has 3 aliphatic rings. The van der Waals surface area contributed by atoms with Crippen LogP contribution >= 0.6 is 24.8 Å². The zero-order valence-electron chi connectivity index (χ0n) is 22.0. The minimum absolute atomic E-state index is 0. The number of benzene rings is 1. The number of aromatic amines is 1. The molecule has 4 aromatic rings. The number of nitrogens with zero attached hydrogens (tertiary/aromatic N) is 7. The van der Waals surface area contributed by atoms with Crippen molar-refractivity contribution < 1.29 is 4.74 Å². The van der Waals surface area contributed by atoms with E-state index in [0.29, 0.717) is 5.65 Å². The molecule has 1 spiro atoms. The molecular formula is C26H34Cl2N10O. The molecule has 0 saturated carbocycles. The summed E-state index contributed by atoms with van der Waals surface area (Å²) in [5, 5.41) is 15.6. The predicted molar refractivity (Wildman–Crippen MR) is 158 cm³/mol. The number of nitrogens with two attached hydrogens (primary N) is 1. The maximum atomic E-state index is 6.50. The van der Waals surface area contributed by atoms with Crippen LogP contribution in [0, 0.1) is 5.41 Å². The summed E-state index contributed by atoms with van der Waals surface area (Å²) in [4.78, 5) is 14.2. The first-order chi connectivity index (χ1) is 18.0. The molecule has 3 aliphatic heterocycles. The zero-order valence-corrected chi connectivity index (χ0v) is 23.6. The van der Waals surface area contributed by atoms with E-state index in [4.69, 9.17) is 20.4 Å². The highest BCUT2D eigenvalue weighted by Gasteiger charge is 2.47. The number of piperidine rings is 1. The number of fused-ring (bicyclic) bond motifs is 2. The summed E-state index contributed by atoms with van der Waals surface area (Å²) in [6.45, 7) is 6.23. The lowest BCUT2D eigenvalue weighted by Gasteiger charge is -2.41. The minimum Gasteiger partial charge on any atom is -0.382 e. The van der Waals surface area contributed by atoms with Gasteiger partial charge in [0.1, 0.15) is 5.82 Å². The maximum Gasteiger partial charge on any atom is 0.183 e. The van der Waals surface area contributed by atoms with Crippen molar-refractivity contribution in [3.8, 4) is 11.1 Å². The lowest BCUT2D eigenvalue weighted by molar-refractivity contribution is 0.0974. The van der Waals surface area contributed by atoms with Crippen LogP contribution in [0.15, 0.2) is 36.8 Å². The fraction of sp³-hybridized carbons (Fsp3) is 0.462. The Bertz CT molecular complexity index is 1460. The quantitative estimate of drug-likeness (QED) is 0.338. The van der Waals surface area contributed by atoms with Gasteiger partial charge in [-0.15, -0.1) is 24.8 Å². The summed E-state index contributed by atoms with van der Waals surface area (Å²) in [6, 6.07) is 6.52. The van der Waals surface area contributed by atoms with Crippen molar-refractivity contribution in [2.24, 2.45) is 18.2 Å². The highest BCUT2D eigenvalue weighted by Crippen LogP contribution is 2.42. The molecule has 13 heteroatoms. The molecule has 11 nitrogen and oxygen atoms in total. The number of hydrogen-bond acceptors (Lipinski definition) is 9. The van der Waals surface area contributed by atoms with E-state index in [-0.39, 0.29) is 42.4 Å². The van der Waals surface area contributed by atoms with Gasteiger partial charge in [-0.3, -0.25) is 9.78 Å². The smallest absolute Gasteiger partial charge is 0.183 e. The molecule has 39 heavy (non-hydrogen) atoms. The molecule has 0 bridgehead atoms. The number of nitrogens with one attached hydrogen (secondary N) is 2. The van der Waals surface area contributed by atoms with E-state index in [1.165, 1.54) is 0 Å². The Kier molecular flexibility index (Phi) is 7.36. The number of H-pyrrole nitrogens is 1. The lowest BCUT2D eigenvalue weighted by atomic mass is 9.73. The first-order valence-electron chi connectivity index (χ1n) is 13.0. The van der Waals surface area contributed by atoms with Crippen LogP contribution in [0.3, 0.4) is 0 Å². The maximum absolute atomic E-state index is 6.50. The van der Waals surface area contributed by atoms with Crippen molar-refractivity contribution in [3.63, 3.8) is 0 Å². The normalized spacial score (nSPS) is 21.8. The van der Waals surface area contributed by atoms with E-state index in [9.17, 15) is 0 Å². The van der Waals surface area contributed by atoms with Crippen molar-refractivity contribution >= 4 is 59.0 Å². The minimum atomic E-state index is 0. The van der Waals surface area contributed by atoms with Crippen LogP contribution in [0.5, 0.6) is 0 Å². The molecule has 0 radical (unpaired) electrons. The van der Waals surface area contributed by atoms with E-state index in [1.807, 2.05) is 30.3 Å². The Morgan fingerprint density at radius 1 is 1.10 bits per heavy atom. The highest BCUT2D eigenvalue weighted by molar-refractivity contribution is 5.91. The van der Waals surface area contributed by atoms with Gasteiger partial charge in [-0.05, 0) is 37.5 Å². The van der Waals surface area contributed by atoms with Gasteiger partial charge in [0.15, 0.2) is 17.0 Å². The summed E-state index contributed by atoms with van der Waals surface area (Å²) in [5.41, 5.74) is 12.4. The number of aromatic nitrogens is 6. The zero-order chi connectivity index (χ0) is 25.1. The Morgan fingerprint density at radius 2 is 1.92 bits per heavy atom. The van der Waals surface area contributed by atoms with Crippen molar-refractivity contribution in [2.45, 2.75) is 31.9 Å². The Balaban J connectivity index is 0.00000154. The molecule has 0 amide bonds. The van der Waals surface area contributed by atoms with Crippen molar-refractivity contribution in [2.75, 3.05) is 47.9 Å². The molecule has 2 fully saturated rings. The van der Waals surface area contributed by atoms with Crippen molar-refractivity contribution in [3.05, 3.63) is 36.8 Å². The summed E-state index contributed by atoms with van der Waals surface area (Å²) >= 11 is 0. The van der Waals surface area contributed by atoms with E-state index < -0.39 is 0 Å². The molecule has 6 heterocycles. The van der Waals surface area contributed by atoms with Gasteiger partial charge in [0.05, 0.1) is 36.5 Å². The molecule has 208 valence electrons. The molecular weight excluding hydrogens is 539 g/mol. The average molecular weight is 574 g/mol. The molecule has 4 N–H and O–H groups in total. The fourth-order valence-electron chi connectivity index (χ4n) is 6.08. The van der Waals surface area contributed by atoms with E-state index in [0.717, 1.165) is 85.3 Å². The Labute approximate surface area is 239 Å². The second-order valence-electron chi connectivity index (χ2n) is 10.6. The summed E-state index contributed by atoms with van der Waals surface area (Å²) in [5.74, 6) is 1.67. The van der Waals surface area contributed by atoms with Crippen LogP contribution in [0.2, 0.25) is 0 Å². The van der Waals surface area contributed by atoms with Crippen LogP contribution in [0.25, 0.3) is 22.3 Å². The van der Waals surface area contributed by atoms with Crippen LogP contribution in [-0.4, -0.2) is 74.9 Å². The number of aryl methyl sites for hydroxylation is 1. The number of anilines is 4. The van der Waals surface area contributed by atoms with Crippen LogP contribution in [-0.2, 0) is 11.8 Å².